The van der Waals surface area contributed by atoms with Crippen molar-refractivity contribution in [1.82, 2.24) is 10.3 Å². The Morgan fingerprint density at radius 1 is 1.22 bits per heavy atom. The van der Waals surface area contributed by atoms with Gasteiger partial charge in [0.1, 0.15) is 0 Å². The van der Waals surface area contributed by atoms with Crippen LogP contribution < -0.4 is 11.1 Å². The molecule has 2 fully saturated rings. The Balaban J connectivity index is 1.37. The standard InChI is InChI=1S/C15H23N3/c16-13-5-6-14(18-9-13)7-8-17-10-15(11-1-2-11)12-3-4-12/h5-6,9,11-12,15,17H,1-4,7-8,10,16H2. The molecule has 0 spiro atoms. The summed E-state index contributed by atoms with van der Waals surface area (Å²) in [6.07, 6.45) is 8.64. The Morgan fingerprint density at radius 3 is 2.50 bits per heavy atom. The monoisotopic (exact) mass is 245 g/mol. The second-order valence-electron chi connectivity index (χ2n) is 5.88. The summed E-state index contributed by atoms with van der Waals surface area (Å²) < 4.78 is 0. The minimum absolute atomic E-state index is 0.745. The number of nitrogens with zero attached hydrogens (tertiary/aromatic N) is 1. The van der Waals surface area contributed by atoms with E-state index in [1.54, 1.807) is 6.20 Å². The van der Waals surface area contributed by atoms with Crippen molar-refractivity contribution in [3.63, 3.8) is 0 Å². The largest absolute Gasteiger partial charge is 0.397 e. The fourth-order valence-electron chi connectivity index (χ4n) is 2.84. The summed E-state index contributed by atoms with van der Waals surface area (Å²) in [6.45, 7) is 2.25. The molecule has 0 aliphatic heterocycles. The van der Waals surface area contributed by atoms with E-state index >= 15 is 0 Å². The summed E-state index contributed by atoms with van der Waals surface area (Å²) in [4.78, 5) is 4.32. The molecular formula is C15H23N3. The quantitative estimate of drug-likeness (QED) is 0.724. The van der Waals surface area contributed by atoms with Crippen molar-refractivity contribution >= 4 is 5.69 Å². The highest BCUT2D eigenvalue weighted by Crippen LogP contribution is 2.48. The number of hydrogen-bond acceptors (Lipinski definition) is 3. The first-order valence-electron chi connectivity index (χ1n) is 7.24. The SMILES string of the molecule is Nc1ccc(CCNCC(C2CC2)C2CC2)nc1. The number of hydrogen-bond donors (Lipinski definition) is 2. The third-order valence-corrected chi connectivity index (χ3v) is 4.24. The molecule has 1 aromatic rings. The molecule has 2 saturated carbocycles. The molecule has 98 valence electrons. The first kappa shape index (κ1) is 12.0. The lowest BCUT2D eigenvalue weighted by atomic mass is 9.98. The summed E-state index contributed by atoms with van der Waals surface area (Å²) in [5, 5.41) is 3.62. The lowest BCUT2D eigenvalue weighted by molar-refractivity contribution is 0.380. The zero-order valence-electron chi connectivity index (χ0n) is 10.9. The molecule has 0 radical (unpaired) electrons. The van der Waals surface area contributed by atoms with Crippen LogP contribution in [0, 0.1) is 17.8 Å². The molecule has 0 bridgehead atoms. The fourth-order valence-corrected chi connectivity index (χ4v) is 2.84. The number of nitrogens with one attached hydrogen (secondary N) is 1. The predicted molar refractivity (Wildman–Crippen MR) is 74.2 cm³/mol. The van der Waals surface area contributed by atoms with Crippen molar-refractivity contribution in [3.05, 3.63) is 24.0 Å². The van der Waals surface area contributed by atoms with Crippen LogP contribution in [0.25, 0.3) is 0 Å². The van der Waals surface area contributed by atoms with E-state index < -0.39 is 0 Å². The number of rotatable bonds is 7. The van der Waals surface area contributed by atoms with Crippen LogP contribution in [0.2, 0.25) is 0 Å². The van der Waals surface area contributed by atoms with Gasteiger partial charge in [-0.3, -0.25) is 4.98 Å². The zero-order chi connectivity index (χ0) is 12.4. The van der Waals surface area contributed by atoms with E-state index in [0.29, 0.717) is 0 Å². The minimum atomic E-state index is 0.745. The van der Waals surface area contributed by atoms with Crippen molar-refractivity contribution < 1.29 is 0 Å². The third-order valence-electron chi connectivity index (χ3n) is 4.24. The first-order valence-corrected chi connectivity index (χ1v) is 7.24. The van der Waals surface area contributed by atoms with E-state index in [0.717, 1.165) is 42.1 Å². The van der Waals surface area contributed by atoms with Gasteiger partial charge < -0.3 is 11.1 Å². The van der Waals surface area contributed by atoms with E-state index in [4.69, 9.17) is 5.73 Å². The van der Waals surface area contributed by atoms with Crippen molar-refractivity contribution in [1.29, 1.82) is 0 Å². The smallest absolute Gasteiger partial charge is 0.0501 e. The Labute approximate surface area is 109 Å². The number of anilines is 1. The van der Waals surface area contributed by atoms with Crippen LogP contribution in [0.3, 0.4) is 0 Å². The zero-order valence-corrected chi connectivity index (χ0v) is 10.9. The topological polar surface area (TPSA) is 50.9 Å². The van der Waals surface area contributed by atoms with Crippen LogP contribution in [-0.4, -0.2) is 18.1 Å². The van der Waals surface area contributed by atoms with E-state index in [2.05, 4.69) is 10.3 Å². The molecule has 18 heavy (non-hydrogen) atoms. The van der Waals surface area contributed by atoms with Crippen LogP contribution in [0.15, 0.2) is 18.3 Å². The summed E-state index contributed by atoms with van der Waals surface area (Å²) >= 11 is 0. The summed E-state index contributed by atoms with van der Waals surface area (Å²) in [5.41, 5.74) is 7.50. The molecule has 3 N–H and O–H groups in total. The summed E-state index contributed by atoms with van der Waals surface area (Å²) in [6, 6.07) is 3.95. The van der Waals surface area contributed by atoms with Crippen LogP contribution in [0.1, 0.15) is 31.4 Å². The molecule has 2 aliphatic carbocycles. The maximum atomic E-state index is 5.62. The highest BCUT2D eigenvalue weighted by molar-refractivity contribution is 5.34. The number of nitrogen functional groups attached to an aromatic ring is 1. The molecular weight excluding hydrogens is 222 g/mol. The molecule has 0 aromatic carbocycles. The van der Waals surface area contributed by atoms with Gasteiger partial charge in [-0.25, -0.2) is 0 Å². The van der Waals surface area contributed by atoms with Crippen molar-refractivity contribution in [2.45, 2.75) is 32.1 Å². The van der Waals surface area contributed by atoms with Crippen molar-refractivity contribution in [2.75, 3.05) is 18.8 Å². The lowest BCUT2D eigenvalue weighted by Gasteiger charge is -2.16. The molecule has 0 unspecified atom stereocenters. The van der Waals surface area contributed by atoms with Gasteiger partial charge in [0.25, 0.3) is 0 Å². The predicted octanol–water partition coefficient (Wildman–Crippen LogP) is 2.23. The van der Waals surface area contributed by atoms with Gasteiger partial charge in [-0.1, -0.05) is 0 Å². The molecule has 3 rings (SSSR count). The van der Waals surface area contributed by atoms with E-state index in [1.165, 1.54) is 32.2 Å². The van der Waals surface area contributed by atoms with Crippen LogP contribution in [0.4, 0.5) is 5.69 Å². The average molecular weight is 245 g/mol. The fraction of sp³-hybridized carbons (Fsp3) is 0.667. The molecule has 0 atom stereocenters. The van der Waals surface area contributed by atoms with Gasteiger partial charge in [0.15, 0.2) is 0 Å². The molecule has 0 saturated heterocycles. The van der Waals surface area contributed by atoms with Crippen molar-refractivity contribution in [3.8, 4) is 0 Å². The summed E-state index contributed by atoms with van der Waals surface area (Å²) in [7, 11) is 0. The Hall–Kier alpha value is -1.09. The van der Waals surface area contributed by atoms with Crippen LogP contribution in [-0.2, 0) is 6.42 Å². The van der Waals surface area contributed by atoms with Gasteiger partial charge in [0.05, 0.1) is 11.9 Å². The highest BCUT2D eigenvalue weighted by Gasteiger charge is 2.40. The third kappa shape index (κ3) is 3.22. The van der Waals surface area contributed by atoms with Gasteiger partial charge in [-0.05, 0) is 62.1 Å². The molecule has 1 heterocycles. The van der Waals surface area contributed by atoms with Crippen LogP contribution in [0.5, 0.6) is 0 Å². The Morgan fingerprint density at radius 2 is 1.94 bits per heavy atom. The Kier molecular flexibility index (Phi) is 3.50. The lowest BCUT2D eigenvalue weighted by Crippen LogP contribution is -2.27. The molecule has 1 aromatic heterocycles. The summed E-state index contributed by atoms with van der Waals surface area (Å²) in [5.74, 6) is 3.05. The van der Waals surface area contributed by atoms with Gasteiger partial charge in [-0.2, -0.15) is 0 Å². The number of pyridine rings is 1. The maximum Gasteiger partial charge on any atom is 0.0501 e. The number of aromatic nitrogens is 1. The number of nitrogens with two attached hydrogens (primary N) is 1. The molecule has 2 aliphatic rings. The van der Waals surface area contributed by atoms with E-state index in [-0.39, 0.29) is 0 Å². The normalized spacial score (nSPS) is 19.4. The second-order valence-corrected chi connectivity index (χ2v) is 5.88. The van der Waals surface area contributed by atoms with E-state index in [9.17, 15) is 0 Å². The van der Waals surface area contributed by atoms with E-state index in [1.807, 2.05) is 12.1 Å². The minimum Gasteiger partial charge on any atom is -0.397 e. The van der Waals surface area contributed by atoms with Gasteiger partial charge in [-0.15, -0.1) is 0 Å². The Bertz CT molecular complexity index is 367. The van der Waals surface area contributed by atoms with Crippen LogP contribution >= 0.6 is 0 Å². The second kappa shape index (κ2) is 5.27. The highest BCUT2D eigenvalue weighted by atomic mass is 14.9. The maximum absolute atomic E-state index is 5.62. The van der Waals surface area contributed by atoms with Crippen molar-refractivity contribution in [2.24, 2.45) is 17.8 Å². The van der Waals surface area contributed by atoms with Gasteiger partial charge >= 0.3 is 0 Å². The van der Waals surface area contributed by atoms with Gasteiger partial charge in [0.2, 0.25) is 0 Å². The molecule has 3 heteroatoms. The molecule has 3 nitrogen and oxygen atoms in total. The first-order chi connectivity index (χ1) is 8.83. The molecule has 0 amide bonds. The average Bonchev–Trinajstić information content (AvgIpc) is 3.25. The van der Waals surface area contributed by atoms with Gasteiger partial charge in [0, 0.05) is 18.7 Å².